The van der Waals surface area contributed by atoms with Crippen LogP contribution in [0.4, 0.5) is 11.5 Å². The highest BCUT2D eigenvalue weighted by molar-refractivity contribution is 5.99. The van der Waals surface area contributed by atoms with Crippen molar-refractivity contribution < 1.29 is 9.59 Å². The van der Waals surface area contributed by atoms with Gasteiger partial charge < -0.3 is 11.1 Å². The molecule has 0 aliphatic carbocycles. The van der Waals surface area contributed by atoms with Crippen LogP contribution in [0.1, 0.15) is 24.3 Å². The zero-order chi connectivity index (χ0) is 18.1. The second-order valence-corrected chi connectivity index (χ2v) is 6.24. The van der Waals surface area contributed by atoms with Crippen LogP contribution in [0.2, 0.25) is 0 Å². The van der Waals surface area contributed by atoms with Gasteiger partial charge in [-0.2, -0.15) is 0 Å². The summed E-state index contributed by atoms with van der Waals surface area (Å²) in [6.45, 7) is 5.43. The Morgan fingerprint density at radius 1 is 1.32 bits per heavy atom. The van der Waals surface area contributed by atoms with Gasteiger partial charge >= 0.3 is 0 Å². The number of amides is 1. The lowest BCUT2D eigenvalue weighted by molar-refractivity contribution is -0.118. The molecule has 3 N–H and O–H groups in total. The molecule has 3 aromatic rings. The predicted molar refractivity (Wildman–Crippen MR) is 95.2 cm³/mol. The fourth-order valence-corrected chi connectivity index (χ4v) is 2.63. The van der Waals surface area contributed by atoms with Gasteiger partial charge in [0.15, 0.2) is 5.82 Å². The van der Waals surface area contributed by atoms with E-state index >= 15 is 0 Å². The van der Waals surface area contributed by atoms with Crippen molar-refractivity contribution in [1.29, 1.82) is 0 Å². The third-order valence-corrected chi connectivity index (χ3v) is 3.92. The molecule has 0 spiro atoms. The molecule has 3 rings (SSSR count). The number of aryl methyl sites for hydroxylation is 1. The van der Waals surface area contributed by atoms with Crippen LogP contribution in [0.5, 0.6) is 0 Å². The molecule has 1 aromatic carbocycles. The first kappa shape index (κ1) is 16.7. The molecule has 0 bridgehead atoms. The monoisotopic (exact) mass is 340 g/mol. The molecule has 0 aliphatic rings. The van der Waals surface area contributed by atoms with Crippen LogP contribution in [0, 0.1) is 12.8 Å². The summed E-state index contributed by atoms with van der Waals surface area (Å²) in [7, 11) is 0. The minimum atomic E-state index is -0.162. The molecule has 0 radical (unpaired) electrons. The molecule has 8 nitrogen and oxygen atoms in total. The van der Waals surface area contributed by atoms with Gasteiger partial charge in [0.25, 0.3) is 5.91 Å². The number of fused-ring (bicyclic) bond motifs is 1. The van der Waals surface area contributed by atoms with Crippen molar-refractivity contribution >= 4 is 34.2 Å². The number of anilines is 2. The molecule has 0 atom stereocenters. The zero-order valence-corrected chi connectivity index (χ0v) is 14.4. The van der Waals surface area contributed by atoms with Gasteiger partial charge in [0, 0.05) is 22.7 Å². The van der Waals surface area contributed by atoms with Crippen LogP contribution in [0.15, 0.2) is 30.5 Å². The SMILES string of the molecule is Cc1cc2c(N)cccc2n1C(=O)Cn1cc(NC(=O)C(C)C)nn1. The Balaban J connectivity index is 1.82. The Morgan fingerprint density at radius 3 is 2.80 bits per heavy atom. The number of nitrogens with zero attached hydrogens (tertiary/aromatic N) is 4. The standard InChI is InChI=1S/C17H20N6O2/c1-10(2)17(25)19-15-8-22(21-20-15)9-16(24)23-11(3)7-12-13(18)5-4-6-14(12)23/h4-8,10H,9,18H2,1-3H3,(H,19,25). The number of aromatic nitrogens is 4. The number of hydrogen-bond acceptors (Lipinski definition) is 5. The summed E-state index contributed by atoms with van der Waals surface area (Å²) < 4.78 is 3.01. The molecule has 0 saturated carbocycles. The van der Waals surface area contributed by atoms with E-state index in [2.05, 4.69) is 15.6 Å². The van der Waals surface area contributed by atoms with Crippen LogP contribution in [0.25, 0.3) is 10.9 Å². The van der Waals surface area contributed by atoms with Crippen LogP contribution in [0.3, 0.4) is 0 Å². The fraction of sp³-hybridized carbons (Fsp3) is 0.294. The molecular weight excluding hydrogens is 320 g/mol. The molecule has 0 unspecified atom stereocenters. The number of carbonyl (C=O) groups is 2. The number of nitrogens with one attached hydrogen (secondary N) is 1. The minimum absolute atomic E-state index is 0.00394. The zero-order valence-electron chi connectivity index (χ0n) is 14.4. The Labute approximate surface area is 144 Å². The lowest BCUT2D eigenvalue weighted by Crippen LogP contribution is -2.19. The van der Waals surface area contributed by atoms with Crippen molar-refractivity contribution in [2.45, 2.75) is 27.3 Å². The molecular formula is C17H20N6O2. The van der Waals surface area contributed by atoms with Crippen molar-refractivity contribution in [2.24, 2.45) is 5.92 Å². The van der Waals surface area contributed by atoms with E-state index < -0.39 is 0 Å². The third kappa shape index (κ3) is 3.23. The molecule has 0 saturated heterocycles. The fourth-order valence-electron chi connectivity index (χ4n) is 2.63. The normalized spacial score (nSPS) is 11.2. The Bertz CT molecular complexity index is 953. The number of carbonyl (C=O) groups excluding carboxylic acids is 2. The summed E-state index contributed by atoms with van der Waals surface area (Å²) in [5, 5.41) is 11.3. The van der Waals surface area contributed by atoms with E-state index in [1.54, 1.807) is 24.5 Å². The van der Waals surface area contributed by atoms with E-state index in [0.29, 0.717) is 11.5 Å². The largest absolute Gasteiger partial charge is 0.398 e. The van der Waals surface area contributed by atoms with Crippen molar-refractivity contribution in [3.05, 3.63) is 36.2 Å². The molecule has 0 aliphatic heterocycles. The van der Waals surface area contributed by atoms with Crippen LogP contribution in [-0.2, 0) is 11.3 Å². The first-order valence-electron chi connectivity index (χ1n) is 7.97. The molecule has 25 heavy (non-hydrogen) atoms. The summed E-state index contributed by atoms with van der Waals surface area (Å²) in [5.41, 5.74) is 8.16. The van der Waals surface area contributed by atoms with Gasteiger partial charge in [-0.25, -0.2) is 4.68 Å². The highest BCUT2D eigenvalue weighted by Crippen LogP contribution is 2.24. The van der Waals surface area contributed by atoms with Gasteiger partial charge in [-0.15, -0.1) is 5.10 Å². The number of benzene rings is 1. The number of rotatable bonds is 4. The van der Waals surface area contributed by atoms with Crippen molar-refractivity contribution in [3.63, 3.8) is 0 Å². The second-order valence-electron chi connectivity index (χ2n) is 6.24. The van der Waals surface area contributed by atoms with Crippen LogP contribution in [-0.4, -0.2) is 31.4 Å². The van der Waals surface area contributed by atoms with Gasteiger partial charge in [0.2, 0.25) is 5.91 Å². The summed E-state index contributed by atoms with van der Waals surface area (Å²) in [4.78, 5) is 24.4. The van der Waals surface area contributed by atoms with Gasteiger partial charge in [-0.1, -0.05) is 25.1 Å². The van der Waals surface area contributed by atoms with Gasteiger partial charge in [-0.3, -0.25) is 14.2 Å². The summed E-state index contributed by atoms with van der Waals surface area (Å²) >= 11 is 0. The number of nitrogen functional groups attached to an aromatic ring is 1. The van der Waals surface area contributed by atoms with Gasteiger partial charge in [0.05, 0.1) is 11.7 Å². The van der Waals surface area contributed by atoms with Crippen molar-refractivity contribution in [2.75, 3.05) is 11.1 Å². The Morgan fingerprint density at radius 2 is 2.08 bits per heavy atom. The van der Waals surface area contributed by atoms with E-state index in [1.165, 1.54) is 10.9 Å². The summed E-state index contributed by atoms with van der Waals surface area (Å²) in [6, 6.07) is 7.36. The Kier molecular flexibility index (Phi) is 4.26. The molecule has 2 aromatic heterocycles. The van der Waals surface area contributed by atoms with Gasteiger partial charge in [-0.05, 0) is 25.1 Å². The summed E-state index contributed by atoms with van der Waals surface area (Å²) in [6.07, 6.45) is 1.54. The first-order valence-corrected chi connectivity index (χ1v) is 7.97. The molecule has 1 amide bonds. The maximum atomic E-state index is 12.7. The second kappa shape index (κ2) is 6.39. The maximum absolute atomic E-state index is 12.7. The van der Waals surface area contributed by atoms with Crippen molar-refractivity contribution in [1.82, 2.24) is 19.6 Å². The van der Waals surface area contributed by atoms with E-state index in [0.717, 1.165) is 16.6 Å². The third-order valence-electron chi connectivity index (χ3n) is 3.92. The summed E-state index contributed by atoms with van der Waals surface area (Å²) in [5.74, 6) is -0.151. The maximum Gasteiger partial charge on any atom is 0.253 e. The smallest absolute Gasteiger partial charge is 0.253 e. The lowest BCUT2D eigenvalue weighted by Gasteiger charge is -2.07. The predicted octanol–water partition coefficient (Wildman–Crippen LogP) is 2.06. The lowest BCUT2D eigenvalue weighted by atomic mass is 10.2. The van der Waals surface area contributed by atoms with E-state index in [-0.39, 0.29) is 24.3 Å². The first-order chi connectivity index (χ1) is 11.9. The molecule has 130 valence electrons. The average molecular weight is 340 g/mol. The minimum Gasteiger partial charge on any atom is -0.398 e. The van der Waals surface area contributed by atoms with Crippen LogP contribution < -0.4 is 11.1 Å². The quantitative estimate of drug-likeness (QED) is 0.707. The Hall–Kier alpha value is -3.16. The number of nitrogens with two attached hydrogens (primary N) is 1. The number of hydrogen-bond donors (Lipinski definition) is 2. The van der Waals surface area contributed by atoms with E-state index in [4.69, 9.17) is 5.73 Å². The van der Waals surface area contributed by atoms with E-state index in [9.17, 15) is 9.59 Å². The molecule has 8 heteroatoms. The molecule has 0 fully saturated rings. The van der Waals surface area contributed by atoms with Gasteiger partial charge in [0.1, 0.15) is 6.54 Å². The van der Waals surface area contributed by atoms with Crippen LogP contribution >= 0.6 is 0 Å². The highest BCUT2D eigenvalue weighted by Gasteiger charge is 2.16. The molecule has 2 heterocycles. The van der Waals surface area contributed by atoms with Crippen molar-refractivity contribution in [3.8, 4) is 0 Å². The van der Waals surface area contributed by atoms with E-state index in [1.807, 2.05) is 25.1 Å². The average Bonchev–Trinajstić information content (AvgIpc) is 3.11. The topological polar surface area (TPSA) is 108 Å². The highest BCUT2D eigenvalue weighted by atomic mass is 16.2.